The molecule has 0 amide bonds. The molecule has 4 heteroatoms. The Bertz CT molecular complexity index is 299. The van der Waals surface area contributed by atoms with Crippen molar-refractivity contribution in [2.24, 2.45) is 5.41 Å². The van der Waals surface area contributed by atoms with Gasteiger partial charge in [-0.25, -0.2) is 0 Å². The van der Waals surface area contributed by atoms with E-state index in [-0.39, 0.29) is 12.0 Å². The predicted octanol–water partition coefficient (Wildman–Crippen LogP) is 3.01. The topological polar surface area (TPSA) is 32.3 Å². The minimum atomic E-state index is 0.170. The molecule has 15 heavy (non-hydrogen) atoms. The number of rotatable bonds is 6. The molecule has 0 aromatic carbocycles. The molecule has 86 valence electrons. The van der Waals surface area contributed by atoms with Crippen molar-refractivity contribution in [3.05, 3.63) is 20.8 Å². The van der Waals surface area contributed by atoms with Crippen molar-refractivity contribution >= 4 is 27.3 Å². The lowest BCUT2D eigenvalue weighted by Gasteiger charge is -2.23. The molecule has 0 radical (unpaired) electrons. The minimum absolute atomic E-state index is 0.170. The number of nitrogens with one attached hydrogen (secondary N) is 1. The van der Waals surface area contributed by atoms with Crippen LogP contribution in [0.3, 0.4) is 0 Å². The first-order valence-corrected chi connectivity index (χ1v) is 6.70. The second kappa shape index (κ2) is 5.99. The second-order valence-electron chi connectivity index (χ2n) is 4.45. The van der Waals surface area contributed by atoms with Gasteiger partial charge in [-0.05, 0) is 39.9 Å². The quantitative estimate of drug-likeness (QED) is 0.844. The van der Waals surface area contributed by atoms with Crippen LogP contribution in [0.5, 0.6) is 0 Å². The van der Waals surface area contributed by atoms with Crippen LogP contribution in [-0.4, -0.2) is 18.3 Å². The van der Waals surface area contributed by atoms with E-state index < -0.39 is 0 Å². The van der Waals surface area contributed by atoms with E-state index in [1.54, 1.807) is 11.3 Å². The van der Waals surface area contributed by atoms with Gasteiger partial charge in [-0.3, -0.25) is 0 Å². The van der Waals surface area contributed by atoms with Crippen molar-refractivity contribution in [3.8, 4) is 0 Å². The lowest BCUT2D eigenvalue weighted by Crippen LogP contribution is -2.29. The van der Waals surface area contributed by atoms with Crippen LogP contribution in [0, 0.1) is 5.41 Å². The van der Waals surface area contributed by atoms with E-state index >= 15 is 0 Å². The van der Waals surface area contributed by atoms with Crippen molar-refractivity contribution in [2.45, 2.75) is 26.8 Å². The summed E-state index contributed by atoms with van der Waals surface area (Å²) in [6.45, 7) is 6.44. The van der Waals surface area contributed by atoms with Crippen molar-refractivity contribution in [3.63, 3.8) is 0 Å². The Morgan fingerprint density at radius 1 is 1.47 bits per heavy atom. The van der Waals surface area contributed by atoms with Gasteiger partial charge >= 0.3 is 0 Å². The van der Waals surface area contributed by atoms with E-state index in [1.165, 1.54) is 8.66 Å². The molecule has 0 saturated heterocycles. The Morgan fingerprint density at radius 2 is 2.20 bits per heavy atom. The summed E-state index contributed by atoms with van der Waals surface area (Å²) in [4.78, 5) is 1.33. The predicted molar refractivity (Wildman–Crippen MR) is 69.2 cm³/mol. The largest absolute Gasteiger partial charge is 0.396 e. The highest BCUT2D eigenvalue weighted by molar-refractivity contribution is 9.11. The first-order chi connectivity index (χ1) is 7.03. The van der Waals surface area contributed by atoms with Crippen LogP contribution in [0.2, 0.25) is 0 Å². The smallest absolute Gasteiger partial charge is 0.0701 e. The van der Waals surface area contributed by atoms with E-state index in [1.807, 2.05) is 0 Å². The molecule has 0 atom stereocenters. The molecule has 0 aliphatic carbocycles. The summed E-state index contributed by atoms with van der Waals surface area (Å²) < 4.78 is 1.17. The molecule has 0 aliphatic rings. The van der Waals surface area contributed by atoms with Crippen LogP contribution in [0.25, 0.3) is 0 Å². The van der Waals surface area contributed by atoms with E-state index in [0.717, 1.165) is 19.5 Å². The Hall–Kier alpha value is 0.1000. The third-order valence-electron chi connectivity index (χ3n) is 2.32. The van der Waals surface area contributed by atoms with E-state index in [4.69, 9.17) is 5.11 Å². The molecule has 2 nitrogen and oxygen atoms in total. The fourth-order valence-electron chi connectivity index (χ4n) is 1.36. The molecule has 0 aliphatic heterocycles. The van der Waals surface area contributed by atoms with Gasteiger partial charge in [0.1, 0.15) is 0 Å². The summed E-state index contributed by atoms with van der Waals surface area (Å²) in [7, 11) is 0. The first kappa shape index (κ1) is 13.2. The normalized spacial score (nSPS) is 12.0. The highest BCUT2D eigenvalue weighted by Crippen LogP contribution is 2.22. The maximum Gasteiger partial charge on any atom is 0.0701 e. The fourth-order valence-corrected chi connectivity index (χ4v) is 2.81. The molecule has 0 saturated carbocycles. The maximum atomic E-state index is 8.89. The van der Waals surface area contributed by atoms with Crippen LogP contribution in [0.4, 0.5) is 0 Å². The van der Waals surface area contributed by atoms with Crippen LogP contribution >= 0.6 is 27.3 Å². The molecule has 1 aromatic heterocycles. The highest BCUT2D eigenvalue weighted by atomic mass is 79.9. The van der Waals surface area contributed by atoms with Crippen molar-refractivity contribution in [1.82, 2.24) is 5.32 Å². The van der Waals surface area contributed by atoms with Crippen LogP contribution in [-0.2, 0) is 6.54 Å². The molecule has 0 unspecified atom stereocenters. The first-order valence-electron chi connectivity index (χ1n) is 5.09. The van der Waals surface area contributed by atoms with Crippen LogP contribution in [0.1, 0.15) is 25.1 Å². The maximum absolute atomic E-state index is 8.89. The summed E-state index contributed by atoms with van der Waals surface area (Å²) in [6, 6.07) is 4.20. The summed E-state index contributed by atoms with van der Waals surface area (Å²) in [5.41, 5.74) is 0.170. The Morgan fingerprint density at radius 3 is 2.73 bits per heavy atom. The standard InChI is InChI=1S/C11H18BrNOS/c1-11(2,5-6-14)8-13-7-9-3-4-10(12)15-9/h3-4,13-14H,5-8H2,1-2H3. The molecule has 2 N–H and O–H groups in total. The molecule has 0 bridgehead atoms. The number of aliphatic hydroxyl groups is 1. The van der Waals surface area contributed by atoms with Gasteiger partial charge in [0.2, 0.25) is 0 Å². The van der Waals surface area contributed by atoms with Gasteiger partial charge in [0, 0.05) is 24.6 Å². The van der Waals surface area contributed by atoms with Gasteiger partial charge in [0.05, 0.1) is 3.79 Å². The molecule has 0 fully saturated rings. The van der Waals surface area contributed by atoms with Gasteiger partial charge < -0.3 is 10.4 Å². The highest BCUT2D eigenvalue weighted by Gasteiger charge is 2.16. The monoisotopic (exact) mass is 291 g/mol. The molecule has 1 rings (SSSR count). The third kappa shape index (κ3) is 5.11. The fraction of sp³-hybridized carbons (Fsp3) is 0.636. The molecular weight excluding hydrogens is 274 g/mol. The average Bonchev–Trinajstić information content (AvgIpc) is 2.51. The Balaban J connectivity index is 2.27. The van der Waals surface area contributed by atoms with Gasteiger partial charge in [-0.1, -0.05) is 13.8 Å². The zero-order chi connectivity index (χ0) is 11.3. The average molecular weight is 292 g/mol. The molecule has 1 aromatic rings. The number of hydrogen-bond acceptors (Lipinski definition) is 3. The zero-order valence-corrected chi connectivity index (χ0v) is 11.6. The van der Waals surface area contributed by atoms with Crippen molar-refractivity contribution in [1.29, 1.82) is 0 Å². The van der Waals surface area contributed by atoms with Crippen molar-refractivity contribution in [2.75, 3.05) is 13.2 Å². The third-order valence-corrected chi connectivity index (χ3v) is 3.94. The summed E-state index contributed by atoms with van der Waals surface area (Å²) in [5.74, 6) is 0. The van der Waals surface area contributed by atoms with E-state index in [2.05, 4.69) is 47.2 Å². The number of thiophene rings is 1. The number of aliphatic hydroxyl groups excluding tert-OH is 1. The summed E-state index contributed by atoms with van der Waals surface area (Å²) in [5, 5.41) is 12.3. The van der Waals surface area contributed by atoms with Gasteiger partial charge in [0.25, 0.3) is 0 Å². The number of halogens is 1. The van der Waals surface area contributed by atoms with Crippen LogP contribution in [0.15, 0.2) is 15.9 Å². The molecule has 1 heterocycles. The Kier molecular flexibility index (Phi) is 5.26. The number of hydrogen-bond donors (Lipinski definition) is 2. The molecular formula is C11H18BrNOS. The van der Waals surface area contributed by atoms with E-state index in [9.17, 15) is 0 Å². The second-order valence-corrected chi connectivity index (χ2v) is 6.99. The van der Waals surface area contributed by atoms with Gasteiger partial charge in [-0.15, -0.1) is 11.3 Å². The van der Waals surface area contributed by atoms with Gasteiger partial charge in [0.15, 0.2) is 0 Å². The zero-order valence-electron chi connectivity index (χ0n) is 9.22. The lowest BCUT2D eigenvalue weighted by atomic mass is 9.90. The minimum Gasteiger partial charge on any atom is -0.396 e. The summed E-state index contributed by atoms with van der Waals surface area (Å²) >= 11 is 5.20. The van der Waals surface area contributed by atoms with Crippen LogP contribution < -0.4 is 5.32 Å². The molecule has 0 spiro atoms. The Labute approximate surface area is 104 Å². The van der Waals surface area contributed by atoms with Gasteiger partial charge in [-0.2, -0.15) is 0 Å². The lowest BCUT2D eigenvalue weighted by molar-refractivity contribution is 0.207. The SMILES string of the molecule is CC(C)(CCO)CNCc1ccc(Br)s1. The van der Waals surface area contributed by atoms with Crippen molar-refractivity contribution < 1.29 is 5.11 Å². The summed E-state index contributed by atoms with van der Waals surface area (Å²) in [6.07, 6.45) is 0.841. The van der Waals surface area contributed by atoms with E-state index in [0.29, 0.717) is 0 Å².